The van der Waals surface area contributed by atoms with E-state index in [9.17, 15) is 0 Å². The molecular formula is C7H4Br2ClN3S. The zero-order chi connectivity index (χ0) is 10.3. The van der Waals surface area contributed by atoms with Gasteiger partial charge in [0.1, 0.15) is 10.1 Å². The van der Waals surface area contributed by atoms with E-state index in [1.54, 1.807) is 4.52 Å². The summed E-state index contributed by atoms with van der Waals surface area (Å²) in [5.41, 5.74) is 0.774. The molecule has 2 aromatic rings. The summed E-state index contributed by atoms with van der Waals surface area (Å²) in [6.45, 7) is 0. The van der Waals surface area contributed by atoms with Crippen molar-refractivity contribution in [2.45, 2.75) is 5.16 Å². The first-order chi connectivity index (χ1) is 6.63. The summed E-state index contributed by atoms with van der Waals surface area (Å²) in [7, 11) is 0. The Labute approximate surface area is 106 Å². The minimum absolute atomic E-state index is 0.446. The molecule has 2 heterocycles. The second-order valence-corrected chi connectivity index (χ2v) is 5.26. The lowest BCUT2D eigenvalue weighted by Gasteiger charge is -2.00. The van der Waals surface area contributed by atoms with Gasteiger partial charge in [0.25, 0.3) is 0 Å². The summed E-state index contributed by atoms with van der Waals surface area (Å²) in [5, 5.41) is 5.37. The molecule has 14 heavy (non-hydrogen) atoms. The van der Waals surface area contributed by atoms with Crippen LogP contribution in [-0.2, 0) is 0 Å². The van der Waals surface area contributed by atoms with Crippen molar-refractivity contribution in [1.29, 1.82) is 0 Å². The van der Waals surface area contributed by atoms with Crippen LogP contribution >= 0.6 is 55.2 Å². The van der Waals surface area contributed by atoms with Crippen LogP contribution < -0.4 is 0 Å². The van der Waals surface area contributed by atoms with Crippen molar-refractivity contribution >= 4 is 60.7 Å². The van der Waals surface area contributed by atoms with E-state index in [-0.39, 0.29) is 0 Å². The molecule has 0 radical (unpaired) electrons. The van der Waals surface area contributed by atoms with E-state index in [1.165, 1.54) is 11.8 Å². The van der Waals surface area contributed by atoms with E-state index in [0.29, 0.717) is 10.3 Å². The maximum atomic E-state index is 6.02. The van der Waals surface area contributed by atoms with Crippen LogP contribution in [-0.4, -0.2) is 20.9 Å². The molecule has 0 atom stereocenters. The van der Waals surface area contributed by atoms with Gasteiger partial charge in [-0.3, -0.25) is 0 Å². The van der Waals surface area contributed by atoms with Crippen molar-refractivity contribution in [3.05, 3.63) is 20.3 Å². The number of rotatable bonds is 1. The third kappa shape index (κ3) is 1.68. The van der Waals surface area contributed by atoms with Crippen LogP contribution in [0.3, 0.4) is 0 Å². The molecular weight excluding hydrogens is 353 g/mol. The fraction of sp³-hybridized carbons (Fsp3) is 0.143. The Bertz CT molecular complexity index is 499. The molecule has 0 fully saturated rings. The molecule has 0 unspecified atom stereocenters. The highest BCUT2D eigenvalue weighted by Gasteiger charge is 2.12. The van der Waals surface area contributed by atoms with Crippen molar-refractivity contribution in [3.63, 3.8) is 0 Å². The van der Waals surface area contributed by atoms with Gasteiger partial charge < -0.3 is 0 Å². The van der Waals surface area contributed by atoms with Gasteiger partial charge >= 0.3 is 0 Å². The molecule has 0 aliphatic heterocycles. The molecule has 0 saturated heterocycles. The normalized spacial score (nSPS) is 11.1. The number of aromatic nitrogens is 3. The highest BCUT2D eigenvalue weighted by Crippen LogP contribution is 2.30. The van der Waals surface area contributed by atoms with Crippen LogP contribution in [0.5, 0.6) is 0 Å². The van der Waals surface area contributed by atoms with E-state index in [2.05, 4.69) is 41.9 Å². The quantitative estimate of drug-likeness (QED) is 0.730. The minimum Gasteiger partial charge on any atom is -0.220 e. The van der Waals surface area contributed by atoms with Crippen LogP contribution in [0.2, 0.25) is 5.15 Å². The van der Waals surface area contributed by atoms with Crippen molar-refractivity contribution in [2.24, 2.45) is 0 Å². The fourth-order valence-electron chi connectivity index (χ4n) is 1.06. The second kappa shape index (κ2) is 4.00. The van der Waals surface area contributed by atoms with Crippen molar-refractivity contribution in [2.75, 3.05) is 6.26 Å². The van der Waals surface area contributed by atoms with Crippen molar-refractivity contribution in [1.82, 2.24) is 14.6 Å². The molecule has 7 heteroatoms. The SMILES string of the molecule is CSc1nc(Cl)c2c(Br)cc(Br)n2n1. The Morgan fingerprint density at radius 3 is 2.86 bits per heavy atom. The third-order valence-electron chi connectivity index (χ3n) is 1.64. The topological polar surface area (TPSA) is 30.2 Å². The Morgan fingerprint density at radius 1 is 1.50 bits per heavy atom. The lowest BCUT2D eigenvalue weighted by Crippen LogP contribution is -1.97. The van der Waals surface area contributed by atoms with Crippen LogP contribution in [0, 0.1) is 0 Å². The maximum absolute atomic E-state index is 6.02. The minimum atomic E-state index is 0.446. The molecule has 0 aromatic carbocycles. The van der Waals surface area contributed by atoms with Gasteiger partial charge in [-0.2, -0.15) is 0 Å². The van der Waals surface area contributed by atoms with Crippen LogP contribution in [0.4, 0.5) is 0 Å². The second-order valence-electron chi connectivity index (χ2n) is 2.46. The Hall–Kier alpha value is 0.220. The summed E-state index contributed by atoms with van der Waals surface area (Å²) >= 11 is 14.3. The number of nitrogens with zero attached hydrogens (tertiary/aromatic N) is 3. The van der Waals surface area contributed by atoms with Gasteiger partial charge in [-0.05, 0) is 44.2 Å². The van der Waals surface area contributed by atoms with Gasteiger partial charge in [-0.1, -0.05) is 23.4 Å². The average molecular weight is 357 g/mol. The summed E-state index contributed by atoms with van der Waals surface area (Å²) in [6, 6.07) is 1.89. The number of thioether (sulfide) groups is 1. The molecule has 3 nitrogen and oxygen atoms in total. The molecule has 0 saturated carbocycles. The Morgan fingerprint density at radius 2 is 2.21 bits per heavy atom. The highest BCUT2D eigenvalue weighted by molar-refractivity contribution is 9.11. The number of hydrogen-bond donors (Lipinski definition) is 0. The van der Waals surface area contributed by atoms with E-state index in [1.807, 2.05) is 12.3 Å². The van der Waals surface area contributed by atoms with Gasteiger partial charge in [0, 0.05) is 4.47 Å². The molecule has 2 rings (SSSR count). The predicted molar refractivity (Wildman–Crippen MR) is 65.2 cm³/mol. The molecule has 0 aliphatic carbocycles. The van der Waals surface area contributed by atoms with Gasteiger partial charge in [-0.15, -0.1) is 5.10 Å². The fourth-order valence-corrected chi connectivity index (χ4v) is 3.19. The van der Waals surface area contributed by atoms with Crippen molar-refractivity contribution in [3.8, 4) is 0 Å². The van der Waals surface area contributed by atoms with Crippen LogP contribution in [0.1, 0.15) is 0 Å². The summed E-state index contributed by atoms with van der Waals surface area (Å²) in [5.74, 6) is 0. The molecule has 0 spiro atoms. The lowest BCUT2D eigenvalue weighted by molar-refractivity contribution is 0.787. The van der Waals surface area contributed by atoms with E-state index in [0.717, 1.165) is 14.6 Å². The van der Waals surface area contributed by atoms with Gasteiger partial charge in [-0.25, -0.2) is 9.50 Å². The van der Waals surface area contributed by atoms with Gasteiger partial charge in [0.05, 0.1) is 0 Å². The first kappa shape index (κ1) is 10.7. The lowest BCUT2D eigenvalue weighted by atomic mass is 10.5. The number of halogens is 3. The smallest absolute Gasteiger partial charge is 0.208 e. The molecule has 0 aliphatic rings. The maximum Gasteiger partial charge on any atom is 0.208 e. The van der Waals surface area contributed by atoms with Gasteiger partial charge in [0.2, 0.25) is 5.16 Å². The van der Waals surface area contributed by atoms with Crippen LogP contribution in [0.15, 0.2) is 20.3 Å². The summed E-state index contributed by atoms with van der Waals surface area (Å²) < 4.78 is 3.44. The molecule has 74 valence electrons. The monoisotopic (exact) mass is 355 g/mol. The summed E-state index contributed by atoms with van der Waals surface area (Å²) in [4.78, 5) is 4.14. The predicted octanol–water partition coefficient (Wildman–Crippen LogP) is 3.63. The third-order valence-corrected chi connectivity index (χ3v) is 3.61. The average Bonchev–Trinajstić information content (AvgIpc) is 2.42. The first-order valence-corrected chi connectivity index (χ1v) is 6.76. The zero-order valence-electron chi connectivity index (χ0n) is 6.96. The van der Waals surface area contributed by atoms with E-state index < -0.39 is 0 Å². The summed E-state index contributed by atoms with van der Waals surface area (Å²) in [6.07, 6.45) is 1.91. The van der Waals surface area contributed by atoms with Gasteiger partial charge in [0.15, 0.2) is 5.15 Å². The standard InChI is InChI=1S/C7H4Br2ClN3S/c1-14-7-11-6(10)5-3(8)2-4(9)13(5)12-7/h2H,1H3. The molecule has 0 N–H and O–H groups in total. The molecule has 0 bridgehead atoms. The Kier molecular flexibility index (Phi) is 3.06. The van der Waals surface area contributed by atoms with E-state index >= 15 is 0 Å². The zero-order valence-corrected chi connectivity index (χ0v) is 11.7. The number of fused-ring (bicyclic) bond motifs is 1. The van der Waals surface area contributed by atoms with Crippen molar-refractivity contribution < 1.29 is 0 Å². The van der Waals surface area contributed by atoms with E-state index in [4.69, 9.17) is 11.6 Å². The highest BCUT2D eigenvalue weighted by atomic mass is 79.9. The molecule has 0 amide bonds. The largest absolute Gasteiger partial charge is 0.220 e. The van der Waals surface area contributed by atoms with Crippen LogP contribution in [0.25, 0.3) is 5.52 Å². The number of hydrogen-bond acceptors (Lipinski definition) is 3. The Balaban J connectivity index is 2.86. The molecule has 2 aromatic heterocycles. The first-order valence-electron chi connectivity index (χ1n) is 3.57.